The van der Waals surface area contributed by atoms with Crippen molar-refractivity contribution in [2.45, 2.75) is 39.2 Å². The largest absolute Gasteiger partial charge is 0.495 e. The standard InChI is InChI=1S/C19H26N2O5/c1-6-19(3,18(24)26-5)20-17(23)13-10-16(22)21(11-13)14-9-12(2)7-8-15(14)25-4/h7-9,13H,6,10-11H2,1-5H3,(H,20,23). The number of nitrogens with zero attached hydrogens (tertiary/aromatic N) is 1. The van der Waals surface area contributed by atoms with Crippen LogP contribution in [0, 0.1) is 12.8 Å². The molecule has 7 heteroatoms. The van der Waals surface area contributed by atoms with Crippen LogP contribution in [0.4, 0.5) is 5.69 Å². The average molecular weight is 362 g/mol. The number of ether oxygens (including phenoxy) is 2. The Hall–Kier alpha value is -2.57. The second-order valence-electron chi connectivity index (χ2n) is 6.75. The van der Waals surface area contributed by atoms with Crippen LogP contribution in [-0.2, 0) is 19.1 Å². The number of hydrogen-bond acceptors (Lipinski definition) is 5. The number of hydrogen-bond donors (Lipinski definition) is 1. The summed E-state index contributed by atoms with van der Waals surface area (Å²) in [4.78, 5) is 38.7. The van der Waals surface area contributed by atoms with Crippen molar-refractivity contribution >= 4 is 23.5 Å². The van der Waals surface area contributed by atoms with E-state index < -0.39 is 17.4 Å². The summed E-state index contributed by atoms with van der Waals surface area (Å²) in [7, 11) is 2.83. The van der Waals surface area contributed by atoms with Gasteiger partial charge < -0.3 is 19.7 Å². The summed E-state index contributed by atoms with van der Waals surface area (Å²) in [5, 5.41) is 2.74. The van der Waals surface area contributed by atoms with Crippen LogP contribution >= 0.6 is 0 Å². The highest BCUT2D eigenvalue weighted by Crippen LogP contribution is 2.34. The summed E-state index contributed by atoms with van der Waals surface area (Å²) < 4.78 is 10.1. The first kappa shape index (κ1) is 19.8. The Balaban J connectivity index is 2.18. The number of nitrogens with one attached hydrogen (secondary N) is 1. The van der Waals surface area contributed by atoms with Gasteiger partial charge in [-0.2, -0.15) is 0 Å². The summed E-state index contributed by atoms with van der Waals surface area (Å²) in [6.45, 7) is 5.58. The molecule has 2 rings (SSSR count). The highest BCUT2D eigenvalue weighted by atomic mass is 16.5. The number of aryl methyl sites for hydroxylation is 1. The minimum Gasteiger partial charge on any atom is -0.495 e. The molecular weight excluding hydrogens is 336 g/mol. The van der Waals surface area contributed by atoms with Gasteiger partial charge in [-0.1, -0.05) is 13.0 Å². The monoisotopic (exact) mass is 362 g/mol. The predicted molar refractivity (Wildman–Crippen MR) is 97.0 cm³/mol. The third-order valence-corrected chi connectivity index (χ3v) is 4.86. The van der Waals surface area contributed by atoms with E-state index >= 15 is 0 Å². The molecule has 2 unspecified atom stereocenters. The molecule has 2 amide bonds. The minimum absolute atomic E-state index is 0.0872. The van der Waals surface area contributed by atoms with Crippen LogP contribution in [0.5, 0.6) is 5.75 Å². The van der Waals surface area contributed by atoms with Crippen LogP contribution in [0.1, 0.15) is 32.3 Å². The summed E-state index contributed by atoms with van der Waals surface area (Å²) in [5.74, 6) is -0.941. The molecule has 1 fully saturated rings. The van der Waals surface area contributed by atoms with Crippen molar-refractivity contribution in [2.75, 3.05) is 25.7 Å². The highest BCUT2D eigenvalue weighted by molar-refractivity contribution is 6.02. The molecule has 0 radical (unpaired) electrons. The molecule has 1 aliphatic heterocycles. The van der Waals surface area contributed by atoms with Crippen molar-refractivity contribution in [3.8, 4) is 5.75 Å². The van der Waals surface area contributed by atoms with Crippen molar-refractivity contribution in [1.82, 2.24) is 5.32 Å². The van der Waals surface area contributed by atoms with E-state index in [2.05, 4.69) is 5.32 Å². The number of carbonyl (C=O) groups is 3. The summed E-state index contributed by atoms with van der Waals surface area (Å²) >= 11 is 0. The molecule has 0 aliphatic carbocycles. The molecule has 1 aromatic carbocycles. The van der Waals surface area contributed by atoms with Gasteiger partial charge in [-0.15, -0.1) is 0 Å². The topological polar surface area (TPSA) is 84.9 Å². The van der Waals surface area contributed by atoms with Gasteiger partial charge in [0.15, 0.2) is 0 Å². The molecule has 0 bridgehead atoms. The summed E-state index contributed by atoms with van der Waals surface area (Å²) in [6, 6.07) is 5.56. The molecule has 0 saturated carbocycles. The number of benzene rings is 1. The molecule has 1 N–H and O–H groups in total. The van der Waals surface area contributed by atoms with E-state index in [0.29, 0.717) is 17.9 Å². The Morgan fingerprint density at radius 2 is 2.04 bits per heavy atom. The van der Waals surface area contributed by atoms with E-state index in [1.807, 2.05) is 19.1 Å². The molecule has 2 atom stereocenters. The van der Waals surface area contributed by atoms with E-state index in [0.717, 1.165) is 5.56 Å². The molecule has 1 saturated heterocycles. The lowest BCUT2D eigenvalue weighted by Crippen LogP contribution is -2.54. The number of esters is 1. The molecule has 142 valence electrons. The fourth-order valence-electron chi connectivity index (χ4n) is 3.01. The first-order valence-corrected chi connectivity index (χ1v) is 8.61. The van der Waals surface area contributed by atoms with Gasteiger partial charge in [0.25, 0.3) is 0 Å². The maximum Gasteiger partial charge on any atom is 0.331 e. The Kier molecular flexibility index (Phi) is 5.90. The maximum atomic E-state index is 12.7. The Bertz CT molecular complexity index is 718. The van der Waals surface area contributed by atoms with E-state index in [1.165, 1.54) is 7.11 Å². The van der Waals surface area contributed by atoms with Gasteiger partial charge in [0, 0.05) is 13.0 Å². The highest BCUT2D eigenvalue weighted by Gasteiger charge is 2.41. The molecule has 0 aromatic heterocycles. The zero-order chi connectivity index (χ0) is 19.5. The normalized spacial score (nSPS) is 19.0. The molecule has 7 nitrogen and oxygen atoms in total. The Morgan fingerprint density at radius 3 is 2.62 bits per heavy atom. The van der Waals surface area contributed by atoms with E-state index in [1.54, 1.807) is 31.9 Å². The van der Waals surface area contributed by atoms with Gasteiger partial charge in [0.1, 0.15) is 11.3 Å². The number of carbonyl (C=O) groups excluding carboxylic acids is 3. The Labute approximate surface area is 153 Å². The SMILES string of the molecule is CCC(C)(NC(=O)C1CC(=O)N(c2cc(C)ccc2OC)C1)C(=O)OC. The smallest absolute Gasteiger partial charge is 0.331 e. The first-order valence-electron chi connectivity index (χ1n) is 8.61. The molecule has 0 spiro atoms. The second kappa shape index (κ2) is 7.76. The molecule has 1 aromatic rings. The minimum atomic E-state index is -1.11. The lowest BCUT2D eigenvalue weighted by Gasteiger charge is -2.28. The number of rotatable bonds is 6. The lowest BCUT2D eigenvalue weighted by atomic mass is 9.97. The summed E-state index contributed by atoms with van der Waals surface area (Å²) in [6.07, 6.45) is 0.478. The van der Waals surface area contributed by atoms with Crippen molar-refractivity contribution < 1.29 is 23.9 Å². The van der Waals surface area contributed by atoms with E-state index in [-0.39, 0.29) is 24.8 Å². The van der Waals surface area contributed by atoms with Gasteiger partial charge >= 0.3 is 5.97 Å². The van der Waals surface area contributed by atoms with Crippen LogP contribution in [0.3, 0.4) is 0 Å². The zero-order valence-corrected chi connectivity index (χ0v) is 15.9. The quantitative estimate of drug-likeness (QED) is 0.780. The average Bonchev–Trinajstić information content (AvgIpc) is 3.02. The van der Waals surface area contributed by atoms with Gasteiger partial charge in [-0.05, 0) is 38.0 Å². The van der Waals surface area contributed by atoms with Crippen LogP contribution in [0.25, 0.3) is 0 Å². The molecular formula is C19H26N2O5. The van der Waals surface area contributed by atoms with Gasteiger partial charge in [0.2, 0.25) is 11.8 Å². The van der Waals surface area contributed by atoms with Crippen LogP contribution < -0.4 is 15.0 Å². The third-order valence-electron chi connectivity index (χ3n) is 4.86. The van der Waals surface area contributed by atoms with Crippen molar-refractivity contribution in [3.05, 3.63) is 23.8 Å². The first-order chi connectivity index (χ1) is 12.3. The van der Waals surface area contributed by atoms with Gasteiger partial charge in [-0.25, -0.2) is 4.79 Å². The van der Waals surface area contributed by atoms with Gasteiger partial charge in [0.05, 0.1) is 25.8 Å². The van der Waals surface area contributed by atoms with Crippen LogP contribution in [0.15, 0.2) is 18.2 Å². The van der Waals surface area contributed by atoms with Crippen molar-refractivity contribution in [2.24, 2.45) is 5.92 Å². The van der Waals surface area contributed by atoms with Crippen LogP contribution in [0.2, 0.25) is 0 Å². The number of methoxy groups -OCH3 is 2. The van der Waals surface area contributed by atoms with Crippen molar-refractivity contribution in [3.63, 3.8) is 0 Å². The predicted octanol–water partition coefficient (Wildman–Crippen LogP) is 1.81. The zero-order valence-electron chi connectivity index (χ0n) is 15.9. The fourth-order valence-corrected chi connectivity index (χ4v) is 3.01. The molecule has 26 heavy (non-hydrogen) atoms. The second-order valence-corrected chi connectivity index (χ2v) is 6.75. The Morgan fingerprint density at radius 1 is 1.35 bits per heavy atom. The number of amides is 2. The third kappa shape index (κ3) is 3.81. The van der Waals surface area contributed by atoms with Crippen molar-refractivity contribution in [1.29, 1.82) is 0 Å². The van der Waals surface area contributed by atoms with Crippen LogP contribution in [-0.4, -0.2) is 44.1 Å². The lowest BCUT2D eigenvalue weighted by molar-refractivity contribution is -0.150. The van der Waals surface area contributed by atoms with E-state index in [4.69, 9.17) is 9.47 Å². The molecule has 1 aliphatic rings. The number of anilines is 1. The van der Waals surface area contributed by atoms with E-state index in [9.17, 15) is 14.4 Å². The fraction of sp³-hybridized carbons (Fsp3) is 0.526. The van der Waals surface area contributed by atoms with Gasteiger partial charge in [-0.3, -0.25) is 9.59 Å². The molecule has 1 heterocycles. The summed E-state index contributed by atoms with van der Waals surface area (Å²) in [5.41, 5.74) is 0.535. The maximum absolute atomic E-state index is 12.7.